The molecule has 0 aromatic heterocycles. The Morgan fingerprint density at radius 3 is 2.55 bits per heavy atom. The third-order valence-electron chi connectivity index (χ3n) is 1.64. The molecule has 0 aromatic carbocycles. The van der Waals surface area contributed by atoms with Gasteiger partial charge < -0.3 is 5.32 Å². The molecule has 0 aromatic rings. The fourth-order valence-electron chi connectivity index (χ4n) is 1.12. The molecule has 0 spiro atoms. The van der Waals surface area contributed by atoms with Crippen molar-refractivity contribution in [3.05, 3.63) is 0 Å². The van der Waals surface area contributed by atoms with Crippen molar-refractivity contribution in [2.45, 2.75) is 19.0 Å². The highest BCUT2D eigenvalue weighted by molar-refractivity contribution is 5.80. The van der Waals surface area contributed by atoms with Crippen LogP contribution in [0.1, 0.15) is 12.8 Å². The van der Waals surface area contributed by atoms with Gasteiger partial charge in [0.05, 0.1) is 6.42 Å². The molecule has 1 heterocycles. The number of halogens is 3. The number of hydrogen-bond donors (Lipinski definition) is 1. The Balaban J connectivity index is 2.43. The van der Waals surface area contributed by atoms with Crippen LogP contribution in [0.15, 0.2) is 0 Å². The SMILES string of the molecule is O=C1NCC[C@H]1CC(F)(F)F. The molecular weight excluding hydrogens is 159 g/mol. The van der Waals surface area contributed by atoms with Crippen molar-refractivity contribution in [2.75, 3.05) is 6.54 Å². The van der Waals surface area contributed by atoms with Crippen LogP contribution >= 0.6 is 0 Å². The van der Waals surface area contributed by atoms with Crippen molar-refractivity contribution in [1.82, 2.24) is 5.32 Å². The van der Waals surface area contributed by atoms with Gasteiger partial charge in [-0.25, -0.2) is 0 Å². The lowest BCUT2D eigenvalue weighted by atomic mass is 10.0. The van der Waals surface area contributed by atoms with Crippen molar-refractivity contribution >= 4 is 5.91 Å². The lowest BCUT2D eigenvalue weighted by Crippen LogP contribution is -2.23. The molecule has 0 radical (unpaired) electrons. The number of alkyl halides is 3. The number of carbonyl (C=O) groups excluding carboxylic acids is 1. The second kappa shape index (κ2) is 2.71. The second-order valence-corrected chi connectivity index (χ2v) is 2.60. The first-order valence-corrected chi connectivity index (χ1v) is 3.33. The molecule has 0 aliphatic carbocycles. The molecule has 1 fully saturated rings. The molecule has 0 bridgehead atoms. The molecule has 1 aliphatic rings. The summed E-state index contributed by atoms with van der Waals surface area (Å²) in [6.45, 7) is 0.375. The Morgan fingerprint density at radius 1 is 1.55 bits per heavy atom. The summed E-state index contributed by atoms with van der Waals surface area (Å²) in [6, 6.07) is 0. The van der Waals surface area contributed by atoms with Gasteiger partial charge in [-0.05, 0) is 6.42 Å². The van der Waals surface area contributed by atoms with E-state index in [1.54, 1.807) is 0 Å². The summed E-state index contributed by atoms with van der Waals surface area (Å²) < 4.78 is 35.1. The van der Waals surface area contributed by atoms with Gasteiger partial charge in [0.25, 0.3) is 0 Å². The molecule has 2 nitrogen and oxygen atoms in total. The van der Waals surface area contributed by atoms with Crippen LogP contribution in [-0.2, 0) is 4.79 Å². The zero-order valence-electron chi connectivity index (χ0n) is 5.74. The van der Waals surface area contributed by atoms with E-state index in [0.29, 0.717) is 13.0 Å². The van der Waals surface area contributed by atoms with E-state index in [2.05, 4.69) is 5.32 Å². The number of hydrogen-bond acceptors (Lipinski definition) is 1. The van der Waals surface area contributed by atoms with E-state index in [-0.39, 0.29) is 0 Å². The zero-order chi connectivity index (χ0) is 8.48. The summed E-state index contributed by atoms with van der Waals surface area (Å²) in [7, 11) is 0. The van der Waals surface area contributed by atoms with Gasteiger partial charge in [0.1, 0.15) is 0 Å². The third kappa shape index (κ3) is 2.40. The van der Waals surface area contributed by atoms with Gasteiger partial charge in [0.15, 0.2) is 0 Å². The van der Waals surface area contributed by atoms with Crippen LogP contribution in [0.25, 0.3) is 0 Å². The highest BCUT2D eigenvalue weighted by Gasteiger charge is 2.37. The maximum absolute atomic E-state index is 11.7. The van der Waals surface area contributed by atoms with E-state index in [0.717, 1.165) is 0 Å². The Labute approximate surface area is 61.8 Å². The summed E-state index contributed by atoms with van der Waals surface area (Å²) in [4.78, 5) is 10.6. The molecule has 1 saturated heterocycles. The summed E-state index contributed by atoms with van der Waals surface area (Å²) in [6.07, 6.45) is -4.90. The van der Waals surface area contributed by atoms with E-state index >= 15 is 0 Å². The fraction of sp³-hybridized carbons (Fsp3) is 0.833. The van der Waals surface area contributed by atoms with Gasteiger partial charge in [-0.15, -0.1) is 0 Å². The highest BCUT2D eigenvalue weighted by atomic mass is 19.4. The summed E-state index contributed by atoms with van der Waals surface area (Å²) >= 11 is 0. The standard InChI is InChI=1S/C6H8F3NO/c7-6(8,9)3-4-1-2-10-5(4)11/h4H,1-3H2,(H,10,11)/t4-/m0/s1. The van der Waals surface area contributed by atoms with Gasteiger partial charge in [-0.3, -0.25) is 4.79 Å². The maximum atomic E-state index is 11.7. The first-order valence-electron chi connectivity index (χ1n) is 3.33. The van der Waals surface area contributed by atoms with E-state index in [1.807, 2.05) is 0 Å². The van der Waals surface area contributed by atoms with Gasteiger partial charge >= 0.3 is 6.18 Å². The predicted octanol–water partition coefficient (Wildman–Crippen LogP) is 1.07. The van der Waals surface area contributed by atoms with Crippen LogP contribution in [0.5, 0.6) is 0 Å². The minimum absolute atomic E-state index is 0.304. The molecule has 1 rings (SSSR count). The van der Waals surface area contributed by atoms with Crippen LogP contribution in [0.4, 0.5) is 13.2 Å². The van der Waals surface area contributed by atoms with E-state index in [1.165, 1.54) is 0 Å². The third-order valence-corrected chi connectivity index (χ3v) is 1.64. The molecule has 5 heteroatoms. The van der Waals surface area contributed by atoms with Crippen molar-refractivity contribution in [1.29, 1.82) is 0 Å². The lowest BCUT2D eigenvalue weighted by Gasteiger charge is -2.09. The number of nitrogens with one attached hydrogen (secondary N) is 1. The number of carbonyl (C=O) groups is 1. The normalized spacial score (nSPS) is 25.4. The Kier molecular flexibility index (Phi) is 2.06. The minimum Gasteiger partial charge on any atom is -0.356 e. The first kappa shape index (κ1) is 8.36. The summed E-state index contributed by atoms with van der Waals surface area (Å²) in [5, 5.41) is 2.35. The largest absolute Gasteiger partial charge is 0.389 e. The van der Waals surface area contributed by atoms with Crippen molar-refractivity contribution < 1.29 is 18.0 Å². The molecule has 1 aliphatic heterocycles. The Morgan fingerprint density at radius 2 is 2.18 bits per heavy atom. The molecule has 1 atom stereocenters. The summed E-state index contributed by atoms with van der Waals surface area (Å²) in [5.74, 6) is -1.32. The van der Waals surface area contributed by atoms with Crippen molar-refractivity contribution in [3.8, 4) is 0 Å². The maximum Gasteiger partial charge on any atom is 0.389 e. The molecule has 1 N–H and O–H groups in total. The molecular formula is C6H8F3NO. The van der Waals surface area contributed by atoms with E-state index in [9.17, 15) is 18.0 Å². The Bertz CT molecular complexity index is 166. The minimum atomic E-state index is -4.22. The highest BCUT2D eigenvalue weighted by Crippen LogP contribution is 2.28. The van der Waals surface area contributed by atoms with Crippen LogP contribution in [-0.4, -0.2) is 18.6 Å². The van der Waals surface area contributed by atoms with Crippen molar-refractivity contribution in [3.63, 3.8) is 0 Å². The predicted molar refractivity (Wildman–Crippen MR) is 31.8 cm³/mol. The van der Waals surface area contributed by atoms with Crippen molar-refractivity contribution in [2.24, 2.45) is 5.92 Å². The molecule has 0 unspecified atom stereocenters. The van der Waals surface area contributed by atoms with Crippen LogP contribution in [0, 0.1) is 5.92 Å². The van der Waals surface area contributed by atoms with Crippen LogP contribution in [0.2, 0.25) is 0 Å². The first-order chi connectivity index (χ1) is 4.99. The molecule has 1 amide bonds. The topological polar surface area (TPSA) is 29.1 Å². The van der Waals surface area contributed by atoms with Crippen LogP contribution < -0.4 is 5.32 Å². The van der Waals surface area contributed by atoms with Gasteiger partial charge in [-0.1, -0.05) is 0 Å². The van der Waals surface area contributed by atoms with E-state index < -0.39 is 24.4 Å². The molecule has 64 valence electrons. The second-order valence-electron chi connectivity index (χ2n) is 2.60. The quantitative estimate of drug-likeness (QED) is 0.622. The Hall–Kier alpha value is -0.740. The van der Waals surface area contributed by atoms with Gasteiger partial charge in [-0.2, -0.15) is 13.2 Å². The molecule has 11 heavy (non-hydrogen) atoms. The summed E-state index contributed by atoms with van der Waals surface area (Å²) in [5.41, 5.74) is 0. The smallest absolute Gasteiger partial charge is 0.356 e. The average Bonchev–Trinajstić information content (AvgIpc) is 2.12. The van der Waals surface area contributed by atoms with Crippen LogP contribution in [0.3, 0.4) is 0 Å². The fourth-order valence-corrected chi connectivity index (χ4v) is 1.12. The lowest BCUT2D eigenvalue weighted by molar-refractivity contribution is -0.151. The number of rotatable bonds is 1. The van der Waals surface area contributed by atoms with E-state index in [4.69, 9.17) is 0 Å². The monoisotopic (exact) mass is 167 g/mol. The molecule has 0 saturated carbocycles. The zero-order valence-corrected chi connectivity index (χ0v) is 5.74. The van der Waals surface area contributed by atoms with Gasteiger partial charge in [0.2, 0.25) is 5.91 Å². The van der Waals surface area contributed by atoms with Gasteiger partial charge in [0, 0.05) is 12.5 Å². The number of amides is 1. The average molecular weight is 167 g/mol.